The van der Waals surface area contributed by atoms with Crippen LogP contribution in [0.2, 0.25) is 0 Å². The number of benzene rings is 1. The van der Waals surface area contributed by atoms with Crippen LogP contribution in [0.15, 0.2) is 24.3 Å². The standard InChI is InChI=1S/C18H27NO2/c1-2-10-19-11-8-18(20,9-12-19)14-17-16-6-4-3-5-15(16)7-13-21-17/h3-6,17,20H,2,7-14H2,1H3. The van der Waals surface area contributed by atoms with Crippen molar-refractivity contribution in [2.24, 2.45) is 0 Å². The molecule has 0 aliphatic carbocycles. The van der Waals surface area contributed by atoms with E-state index in [0.717, 1.165) is 51.9 Å². The first-order valence-electron chi connectivity index (χ1n) is 8.34. The van der Waals surface area contributed by atoms with E-state index in [4.69, 9.17) is 4.74 Å². The lowest BCUT2D eigenvalue weighted by atomic mass is 9.82. The molecule has 2 aliphatic rings. The van der Waals surface area contributed by atoms with Crippen LogP contribution in [0.4, 0.5) is 0 Å². The highest BCUT2D eigenvalue weighted by molar-refractivity contribution is 5.31. The van der Waals surface area contributed by atoms with Gasteiger partial charge in [0.1, 0.15) is 0 Å². The summed E-state index contributed by atoms with van der Waals surface area (Å²) < 4.78 is 5.97. The van der Waals surface area contributed by atoms with Gasteiger partial charge < -0.3 is 14.7 Å². The summed E-state index contributed by atoms with van der Waals surface area (Å²) >= 11 is 0. The second kappa shape index (κ2) is 6.47. The third-order valence-corrected chi connectivity index (χ3v) is 4.98. The SMILES string of the molecule is CCCN1CCC(O)(CC2OCCc3ccccc32)CC1. The van der Waals surface area contributed by atoms with Crippen molar-refractivity contribution in [1.29, 1.82) is 0 Å². The van der Waals surface area contributed by atoms with Crippen LogP contribution in [-0.2, 0) is 11.2 Å². The van der Waals surface area contributed by atoms with E-state index in [-0.39, 0.29) is 6.10 Å². The topological polar surface area (TPSA) is 32.7 Å². The zero-order valence-electron chi connectivity index (χ0n) is 13.1. The maximum atomic E-state index is 10.9. The van der Waals surface area contributed by atoms with Crippen LogP contribution in [0.25, 0.3) is 0 Å². The number of rotatable bonds is 4. The van der Waals surface area contributed by atoms with E-state index < -0.39 is 5.60 Å². The van der Waals surface area contributed by atoms with E-state index in [1.165, 1.54) is 17.5 Å². The molecule has 3 rings (SSSR count). The van der Waals surface area contributed by atoms with Crippen LogP contribution in [0, 0.1) is 0 Å². The first kappa shape index (κ1) is 15.0. The molecule has 0 aromatic heterocycles. The number of nitrogens with zero attached hydrogens (tertiary/aromatic N) is 1. The molecule has 1 aromatic carbocycles. The van der Waals surface area contributed by atoms with Gasteiger partial charge in [0.2, 0.25) is 0 Å². The average molecular weight is 289 g/mol. The van der Waals surface area contributed by atoms with Gasteiger partial charge in [-0.25, -0.2) is 0 Å². The minimum Gasteiger partial charge on any atom is -0.390 e. The Balaban J connectivity index is 1.65. The molecular formula is C18H27NO2. The van der Waals surface area contributed by atoms with Gasteiger partial charge in [-0.1, -0.05) is 31.2 Å². The lowest BCUT2D eigenvalue weighted by Gasteiger charge is -2.40. The Labute approximate surface area is 127 Å². The van der Waals surface area contributed by atoms with Gasteiger partial charge in [-0.2, -0.15) is 0 Å². The monoisotopic (exact) mass is 289 g/mol. The number of piperidine rings is 1. The van der Waals surface area contributed by atoms with Crippen molar-refractivity contribution in [3.63, 3.8) is 0 Å². The van der Waals surface area contributed by atoms with E-state index in [1.54, 1.807) is 0 Å². The van der Waals surface area contributed by atoms with Gasteiger partial charge in [0.25, 0.3) is 0 Å². The highest BCUT2D eigenvalue weighted by Gasteiger charge is 2.36. The predicted octanol–water partition coefficient (Wildman–Crippen LogP) is 2.93. The Morgan fingerprint density at radius 2 is 2.05 bits per heavy atom. The summed E-state index contributed by atoms with van der Waals surface area (Å²) in [5.41, 5.74) is 2.12. The largest absolute Gasteiger partial charge is 0.390 e. The van der Waals surface area contributed by atoms with Crippen LogP contribution < -0.4 is 0 Å². The quantitative estimate of drug-likeness (QED) is 0.925. The van der Waals surface area contributed by atoms with Gasteiger partial charge in [-0.3, -0.25) is 0 Å². The molecule has 21 heavy (non-hydrogen) atoms. The molecule has 116 valence electrons. The molecule has 1 unspecified atom stereocenters. The third kappa shape index (κ3) is 3.47. The molecule has 1 fully saturated rings. The molecular weight excluding hydrogens is 262 g/mol. The van der Waals surface area contributed by atoms with Gasteiger partial charge in [0.05, 0.1) is 18.3 Å². The average Bonchev–Trinajstić information content (AvgIpc) is 2.50. The van der Waals surface area contributed by atoms with Crippen LogP contribution >= 0.6 is 0 Å². The molecule has 1 aromatic rings. The second-order valence-corrected chi connectivity index (χ2v) is 6.58. The van der Waals surface area contributed by atoms with E-state index in [0.29, 0.717) is 0 Å². The lowest BCUT2D eigenvalue weighted by molar-refractivity contribution is -0.0757. The molecule has 1 saturated heterocycles. The van der Waals surface area contributed by atoms with E-state index in [1.807, 2.05) is 0 Å². The third-order valence-electron chi connectivity index (χ3n) is 4.98. The molecule has 2 aliphatic heterocycles. The summed E-state index contributed by atoms with van der Waals surface area (Å²) in [6, 6.07) is 8.53. The molecule has 2 heterocycles. The van der Waals surface area contributed by atoms with Crippen molar-refractivity contribution in [1.82, 2.24) is 4.90 Å². The fourth-order valence-electron chi connectivity index (χ4n) is 3.70. The maximum absolute atomic E-state index is 10.9. The van der Waals surface area contributed by atoms with Crippen molar-refractivity contribution in [3.05, 3.63) is 35.4 Å². The Morgan fingerprint density at radius 1 is 1.29 bits per heavy atom. The summed E-state index contributed by atoms with van der Waals surface area (Å²) in [4.78, 5) is 2.46. The molecule has 3 nitrogen and oxygen atoms in total. The smallest absolute Gasteiger partial charge is 0.0855 e. The van der Waals surface area contributed by atoms with Crippen molar-refractivity contribution in [2.45, 2.75) is 50.7 Å². The van der Waals surface area contributed by atoms with Crippen LogP contribution in [0.1, 0.15) is 49.8 Å². The molecule has 0 radical (unpaired) electrons. The fourth-order valence-corrected chi connectivity index (χ4v) is 3.70. The second-order valence-electron chi connectivity index (χ2n) is 6.58. The van der Waals surface area contributed by atoms with Gasteiger partial charge in [0.15, 0.2) is 0 Å². The molecule has 3 heteroatoms. The van der Waals surface area contributed by atoms with Crippen molar-refractivity contribution < 1.29 is 9.84 Å². The van der Waals surface area contributed by atoms with Crippen LogP contribution in [-0.4, -0.2) is 41.8 Å². The number of hydrogen-bond donors (Lipinski definition) is 1. The van der Waals surface area contributed by atoms with E-state index >= 15 is 0 Å². The van der Waals surface area contributed by atoms with Gasteiger partial charge in [-0.15, -0.1) is 0 Å². The normalized spacial score (nSPS) is 25.5. The Morgan fingerprint density at radius 3 is 2.81 bits per heavy atom. The number of aliphatic hydroxyl groups is 1. The number of hydrogen-bond acceptors (Lipinski definition) is 3. The molecule has 0 saturated carbocycles. The van der Waals surface area contributed by atoms with Crippen molar-refractivity contribution in [2.75, 3.05) is 26.2 Å². The van der Waals surface area contributed by atoms with Gasteiger partial charge in [-0.05, 0) is 43.4 Å². The van der Waals surface area contributed by atoms with Crippen LogP contribution in [0.5, 0.6) is 0 Å². The first-order valence-corrected chi connectivity index (χ1v) is 8.34. The lowest BCUT2D eigenvalue weighted by Crippen LogP contribution is -2.45. The summed E-state index contributed by atoms with van der Waals surface area (Å²) in [7, 11) is 0. The predicted molar refractivity (Wildman–Crippen MR) is 84.4 cm³/mol. The zero-order chi connectivity index (χ0) is 14.7. The maximum Gasteiger partial charge on any atom is 0.0855 e. The highest BCUT2D eigenvalue weighted by atomic mass is 16.5. The molecule has 0 amide bonds. The molecule has 1 N–H and O–H groups in total. The van der Waals surface area contributed by atoms with Crippen molar-refractivity contribution in [3.8, 4) is 0 Å². The van der Waals surface area contributed by atoms with Crippen LogP contribution in [0.3, 0.4) is 0 Å². The van der Waals surface area contributed by atoms with Gasteiger partial charge in [0, 0.05) is 19.5 Å². The Kier molecular flexibility index (Phi) is 4.63. The van der Waals surface area contributed by atoms with Crippen molar-refractivity contribution >= 4 is 0 Å². The summed E-state index contributed by atoms with van der Waals surface area (Å²) in [5.74, 6) is 0. The number of fused-ring (bicyclic) bond motifs is 1. The zero-order valence-corrected chi connectivity index (χ0v) is 13.1. The minimum absolute atomic E-state index is 0.0673. The Hall–Kier alpha value is -0.900. The molecule has 1 atom stereocenters. The van der Waals surface area contributed by atoms with E-state index in [9.17, 15) is 5.11 Å². The van der Waals surface area contributed by atoms with E-state index in [2.05, 4.69) is 36.1 Å². The molecule has 0 spiro atoms. The first-order chi connectivity index (χ1) is 10.2. The summed E-state index contributed by atoms with van der Waals surface area (Å²) in [6.45, 7) is 6.17. The highest BCUT2D eigenvalue weighted by Crippen LogP contribution is 2.37. The minimum atomic E-state index is -0.556. The molecule has 0 bridgehead atoms. The fraction of sp³-hybridized carbons (Fsp3) is 0.667. The summed E-state index contributed by atoms with van der Waals surface area (Å²) in [6.07, 6.45) is 4.73. The van der Waals surface area contributed by atoms with Gasteiger partial charge >= 0.3 is 0 Å². The summed E-state index contributed by atoms with van der Waals surface area (Å²) in [5, 5.41) is 10.9. The Bertz CT molecular complexity index is 466. The number of likely N-dealkylation sites (tertiary alicyclic amines) is 1. The number of ether oxygens (including phenoxy) is 1.